The Morgan fingerprint density at radius 2 is 1.93 bits per heavy atom. The minimum absolute atomic E-state index is 0. The Morgan fingerprint density at radius 3 is 2.40 bits per heavy atom. The molecule has 7 heteroatoms. The van der Waals surface area contributed by atoms with Crippen molar-refractivity contribution in [2.24, 2.45) is 0 Å². The predicted molar refractivity (Wildman–Crippen MR) is 49.9 cm³/mol. The maximum atomic E-state index is 12.1. The lowest BCUT2D eigenvalue weighted by molar-refractivity contribution is -0.186. The van der Waals surface area contributed by atoms with E-state index in [0.717, 1.165) is 17.7 Å². The number of hydrogen-bond donors (Lipinski definition) is 1. The van der Waals surface area contributed by atoms with E-state index in [1.54, 1.807) is 0 Å². The normalized spacial score (nSPS) is 23.5. The molecule has 1 heterocycles. The van der Waals surface area contributed by atoms with Gasteiger partial charge < -0.3 is 10.2 Å². The van der Waals surface area contributed by atoms with Gasteiger partial charge in [-0.25, -0.2) is 0 Å². The molecule has 1 N–H and O–H groups in total. The van der Waals surface area contributed by atoms with Gasteiger partial charge in [0.2, 0.25) is 0 Å². The summed E-state index contributed by atoms with van der Waals surface area (Å²) in [7, 11) is 0. The topological polar surface area (TPSA) is 32.3 Å². The van der Waals surface area contributed by atoms with Gasteiger partial charge in [-0.05, 0) is 12.8 Å². The molecule has 0 aromatic rings. The summed E-state index contributed by atoms with van der Waals surface area (Å²) >= 11 is 0. The van der Waals surface area contributed by atoms with Gasteiger partial charge in [-0.3, -0.25) is 4.79 Å². The molecule has 1 amide bonds. The van der Waals surface area contributed by atoms with Crippen LogP contribution in [0.25, 0.3) is 0 Å². The predicted octanol–water partition coefficient (Wildman–Crippen LogP) is 0.935. The number of carbonyl (C=O) groups is 1. The molecule has 1 aliphatic carbocycles. The lowest BCUT2D eigenvalue weighted by Gasteiger charge is -2.34. The molecule has 0 bridgehead atoms. The third kappa shape index (κ3) is 2.55. The van der Waals surface area contributed by atoms with Gasteiger partial charge in [0.15, 0.2) is 0 Å². The molecular weight excluding hydrogens is 233 g/mol. The molecule has 1 spiro atoms. The Balaban J connectivity index is 0.00000112. The van der Waals surface area contributed by atoms with Crippen LogP contribution in [0.2, 0.25) is 0 Å². The second kappa shape index (κ2) is 3.83. The average Bonchev–Trinajstić information content (AvgIpc) is 2.82. The van der Waals surface area contributed by atoms with Gasteiger partial charge >= 0.3 is 12.1 Å². The van der Waals surface area contributed by atoms with E-state index in [-0.39, 0.29) is 31.0 Å². The van der Waals surface area contributed by atoms with Crippen molar-refractivity contribution in [2.45, 2.75) is 24.6 Å². The number of nitrogens with zero attached hydrogens (tertiary/aromatic N) is 1. The molecular formula is C8H12ClF3N2O. The van der Waals surface area contributed by atoms with Gasteiger partial charge in [0.05, 0.1) is 0 Å². The lowest BCUT2D eigenvalue weighted by atomic mass is 10.2. The molecule has 88 valence electrons. The number of alkyl halides is 3. The monoisotopic (exact) mass is 244 g/mol. The SMILES string of the molecule is Cl.O=C(N1CCNC2(CC2)C1)C(F)(F)F. The van der Waals surface area contributed by atoms with E-state index in [1.165, 1.54) is 0 Å². The zero-order chi connectivity index (χ0) is 10.4. The maximum Gasteiger partial charge on any atom is 0.471 e. The first-order valence-corrected chi connectivity index (χ1v) is 4.54. The molecule has 0 aromatic heterocycles. The van der Waals surface area contributed by atoms with E-state index in [0.29, 0.717) is 6.54 Å². The fourth-order valence-electron chi connectivity index (χ4n) is 1.79. The van der Waals surface area contributed by atoms with Crippen LogP contribution in [0.1, 0.15) is 12.8 Å². The molecule has 2 fully saturated rings. The first-order valence-electron chi connectivity index (χ1n) is 4.54. The van der Waals surface area contributed by atoms with E-state index < -0.39 is 12.1 Å². The van der Waals surface area contributed by atoms with Gasteiger partial charge in [0.1, 0.15) is 0 Å². The summed E-state index contributed by atoms with van der Waals surface area (Å²) in [5.74, 6) is -1.70. The Kier molecular flexibility index (Phi) is 3.21. The fourth-order valence-corrected chi connectivity index (χ4v) is 1.79. The number of carbonyl (C=O) groups excluding carboxylic acids is 1. The highest BCUT2D eigenvalue weighted by atomic mass is 35.5. The molecule has 0 atom stereocenters. The zero-order valence-electron chi connectivity index (χ0n) is 7.93. The third-order valence-corrected chi connectivity index (χ3v) is 2.76. The second-order valence-electron chi connectivity index (χ2n) is 3.93. The molecule has 3 nitrogen and oxygen atoms in total. The van der Waals surface area contributed by atoms with Crippen molar-refractivity contribution in [3.8, 4) is 0 Å². The molecule has 2 aliphatic rings. The Bertz CT molecular complexity index is 265. The average molecular weight is 245 g/mol. The zero-order valence-corrected chi connectivity index (χ0v) is 8.75. The number of piperazine rings is 1. The standard InChI is InChI=1S/C8H11F3N2O.ClH/c9-8(10,11)6(14)13-4-3-12-7(5-13)1-2-7;/h12H,1-5H2;1H. The smallest absolute Gasteiger partial charge is 0.332 e. The largest absolute Gasteiger partial charge is 0.471 e. The van der Waals surface area contributed by atoms with Crippen molar-refractivity contribution in [3.05, 3.63) is 0 Å². The molecule has 0 radical (unpaired) electrons. The van der Waals surface area contributed by atoms with Crippen molar-refractivity contribution >= 4 is 18.3 Å². The van der Waals surface area contributed by atoms with Gasteiger partial charge in [0.25, 0.3) is 0 Å². The number of rotatable bonds is 0. The van der Waals surface area contributed by atoms with E-state index >= 15 is 0 Å². The Labute approximate surface area is 91.4 Å². The Hall–Kier alpha value is -0.490. The summed E-state index contributed by atoms with van der Waals surface area (Å²) in [4.78, 5) is 11.8. The first kappa shape index (κ1) is 12.6. The summed E-state index contributed by atoms with van der Waals surface area (Å²) in [5.41, 5.74) is -0.195. The van der Waals surface area contributed by atoms with E-state index in [2.05, 4.69) is 5.32 Å². The Morgan fingerprint density at radius 1 is 1.33 bits per heavy atom. The van der Waals surface area contributed by atoms with Crippen LogP contribution in [-0.4, -0.2) is 42.2 Å². The molecule has 1 saturated carbocycles. The summed E-state index contributed by atoms with van der Waals surface area (Å²) in [6.45, 7) is 0.813. The summed E-state index contributed by atoms with van der Waals surface area (Å²) in [5, 5.41) is 3.14. The van der Waals surface area contributed by atoms with Gasteiger partial charge in [-0.2, -0.15) is 13.2 Å². The lowest BCUT2D eigenvalue weighted by Crippen LogP contribution is -2.56. The second-order valence-corrected chi connectivity index (χ2v) is 3.93. The highest BCUT2D eigenvalue weighted by molar-refractivity contribution is 5.85. The van der Waals surface area contributed by atoms with Gasteiger partial charge in [-0.15, -0.1) is 12.4 Å². The van der Waals surface area contributed by atoms with Crippen LogP contribution >= 0.6 is 12.4 Å². The third-order valence-electron chi connectivity index (χ3n) is 2.76. The van der Waals surface area contributed by atoms with Crippen LogP contribution < -0.4 is 5.32 Å². The quantitative estimate of drug-likeness (QED) is 0.688. The van der Waals surface area contributed by atoms with Crippen molar-refractivity contribution in [3.63, 3.8) is 0 Å². The molecule has 0 unspecified atom stereocenters. The van der Waals surface area contributed by atoms with Crippen LogP contribution in [0.5, 0.6) is 0 Å². The first-order chi connectivity index (χ1) is 6.43. The van der Waals surface area contributed by atoms with Crippen molar-refractivity contribution in [2.75, 3.05) is 19.6 Å². The van der Waals surface area contributed by atoms with E-state index in [1.807, 2.05) is 0 Å². The van der Waals surface area contributed by atoms with E-state index in [9.17, 15) is 18.0 Å². The van der Waals surface area contributed by atoms with Crippen LogP contribution in [0.15, 0.2) is 0 Å². The molecule has 0 aromatic carbocycles. The molecule has 2 rings (SSSR count). The number of amides is 1. The van der Waals surface area contributed by atoms with Crippen molar-refractivity contribution in [1.82, 2.24) is 10.2 Å². The van der Waals surface area contributed by atoms with Crippen LogP contribution in [0, 0.1) is 0 Å². The van der Waals surface area contributed by atoms with Crippen LogP contribution in [-0.2, 0) is 4.79 Å². The number of hydrogen-bond acceptors (Lipinski definition) is 2. The minimum Gasteiger partial charge on any atom is -0.332 e. The molecule has 1 aliphatic heterocycles. The molecule has 1 saturated heterocycles. The number of nitrogens with one attached hydrogen (secondary N) is 1. The summed E-state index contributed by atoms with van der Waals surface area (Å²) in [6, 6.07) is 0. The van der Waals surface area contributed by atoms with Crippen LogP contribution in [0.3, 0.4) is 0 Å². The van der Waals surface area contributed by atoms with Gasteiger partial charge in [-0.1, -0.05) is 0 Å². The molecule has 15 heavy (non-hydrogen) atoms. The van der Waals surface area contributed by atoms with E-state index in [4.69, 9.17) is 0 Å². The van der Waals surface area contributed by atoms with Crippen molar-refractivity contribution in [1.29, 1.82) is 0 Å². The minimum atomic E-state index is -4.73. The highest BCUT2D eigenvalue weighted by Crippen LogP contribution is 2.38. The summed E-state index contributed by atoms with van der Waals surface area (Å²) in [6.07, 6.45) is -2.99. The maximum absolute atomic E-state index is 12.1. The number of halogens is 4. The van der Waals surface area contributed by atoms with Crippen LogP contribution in [0.4, 0.5) is 13.2 Å². The van der Waals surface area contributed by atoms with Crippen molar-refractivity contribution < 1.29 is 18.0 Å². The highest BCUT2D eigenvalue weighted by Gasteiger charge is 2.50. The summed E-state index contributed by atoms with van der Waals surface area (Å²) < 4.78 is 36.3. The van der Waals surface area contributed by atoms with Gasteiger partial charge in [0, 0.05) is 25.2 Å². The fraction of sp³-hybridized carbons (Fsp3) is 0.875.